The van der Waals surface area contributed by atoms with E-state index in [9.17, 15) is 4.79 Å². The number of hydrogen-bond donors (Lipinski definition) is 0. The molecule has 1 aliphatic carbocycles. The van der Waals surface area contributed by atoms with Crippen LogP contribution in [-0.4, -0.2) is 16.0 Å². The normalized spacial score (nSPS) is 45.2. The highest BCUT2D eigenvalue weighted by Gasteiger charge is 2.43. The van der Waals surface area contributed by atoms with Crippen LogP contribution in [0.25, 0.3) is 0 Å². The summed E-state index contributed by atoms with van der Waals surface area (Å²) in [5, 5.41) is 0. The molecule has 0 radical (unpaired) electrons. The van der Waals surface area contributed by atoms with Crippen LogP contribution in [0.2, 0.25) is 0 Å². The van der Waals surface area contributed by atoms with Crippen LogP contribution in [0.3, 0.4) is 0 Å². The molecule has 3 fully saturated rings. The minimum atomic E-state index is -0.159. The van der Waals surface area contributed by atoms with Gasteiger partial charge in [-0.2, -0.15) is 0 Å². The average molecular weight is 294 g/mol. The van der Waals surface area contributed by atoms with Gasteiger partial charge in [0.1, 0.15) is 6.10 Å². The van der Waals surface area contributed by atoms with Gasteiger partial charge in [-0.15, -0.1) is 0 Å². The Balaban J connectivity index is 2.19. The summed E-state index contributed by atoms with van der Waals surface area (Å²) in [6.45, 7) is 2.05. The molecular formula is C10H15IO2. The highest BCUT2D eigenvalue weighted by molar-refractivity contribution is 14.1. The van der Waals surface area contributed by atoms with Crippen molar-refractivity contribution in [3.63, 3.8) is 0 Å². The molecule has 3 atom stereocenters. The van der Waals surface area contributed by atoms with Gasteiger partial charge >= 0.3 is 5.97 Å². The number of carbonyl (C=O) groups excluding carboxylic acids is 1. The van der Waals surface area contributed by atoms with Crippen molar-refractivity contribution in [3.05, 3.63) is 0 Å². The van der Waals surface area contributed by atoms with Gasteiger partial charge in [0.25, 0.3) is 0 Å². The second-order valence-corrected chi connectivity index (χ2v) is 6.05. The summed E-state index contributed by atoms with van der Waals surface area (Å²) < 4.78 is 5.99. The molecule has 0 aromatic heterocycles. The molecule has 2 heterocycles. The van der Waals surface area contributed by atoms with E-state index in [0.717, 1.165) is 19.3 Å². The zero-order chi connectivity index (χ0) is 9.47. The van der Waals surface area contributed by atoms with Crippen LogP contribution in [0.1, 0.15) is 39.0 Å². The maximum absolute atomic E-state index is 11.7. The second-order valence-electron chi connectivity index (χ2n) is 4.45. The Kier molecular flexibility index (Phi) is 2.55. The minimum Gasteiger partial charge on any atom is -0.461 e. The molecule has 74 valence electrons. The van der Waals surface area contributed by atoms with Crippen molar-refractivity contribution < 1.29 is 9.53 Å². The smallest absolute Gasteiger partial charge is 0.312 e. The molecule has 0 aromatic carbocycles. The Morgan fingerprint density at radius 1 is 1.46 bits per heavy atom. The molecule has 0 aromatic rings. The molecule has 2 bridgehead atoms. The van der Waals surface area contributed by atoms with Crippen molar-refractivity contribution in [2.45, 2.75) is 49.1 Å². The quantitative estimate of drug-likeness (QED) is 0.390. The fourth-order valence-corrected chi connectivity index (χ4v) is 3.20. The van der Waals surface area contributed by atoms with Crippen LogP contribution in [0, 0.1) is 5.41 Å². The van der Waals surface area contributed by atoms with Crippen LogP contribution in [0.5, 0.6) is 0 Å². The molecule has 2 saturated heterocycles. The number of carbonyl (C=O) groups is 1. The van der Waals surface area contributed by atoms with Gasteiger partial charge in [-0.25, -0.2) is 0 Å². The maximum Gasteiger partial charge on any atom is 0.312 e. The Hall–Kier alpha value is 0.200. The van der Waals surface area contributed by atoms with E-state index >= 15 is 0 Å². The molecular weight excluding hydrogens is 279 g/mol. The summed E-state index contributed by atoms with van der Waals surface area (Å²) in [4.78, 5) is 11.7. The van der Waals surface area contributed by atoms with E-state index in [1.807, 2.05) is 0 Å². The molecule has 2 aliphatic heterocycles. The molecule has 3 heteroatoms. The predicted octanol–water partition coefficient (Wildman–Crippen LogP) is 2.69. The van der Waals surface area contributed by atoms with E-state index in [1.165, 1.54) is 12.8 Å². The minimum absolute atomic E-state index is 0.0464. The van der Waals surface area contributed by atoms with Gasteiger partial charge in [-0.3, -0.25) is 4.79 Å². The molecule has 3 aliphatic rings. The standard InChI is InChI=1S/C10H15IO2/c1-10-5-2-3-7(11)8(4-6-10)13-9(10)12/h7-8H,2-6H2,1H3. The first kappa shape index (κ1) is 9.74. The number of fused-ring (bicyclic) bond motifs is 5. The average Bonchev–Trinajstić information content (AvgIpc) is 2.08. The van der Waals surface area contributed by atoms with Gasteiger partial charge in [-0.05, 0) is 32.6 Å². The number of alkyl halides is 1. The first-order valence-corrected chi connectivity index (χ1v) is 6.21. The molecule has 2 nitrogen and oxygen atoms in total. The van der Waals surface area contributed by atoms with Crippen LogP contribution >= 0.6 is 22.6 Å². The lowest BCUT2D eigenvalue weighted by molar-refractivity contribution is -0.171. The van der Waals surface area contributed by atoms with E-state index in [1.54, 1.807) is 0 Å². The first-order chi connectivity index (χ1) is 6.12. The number of hydrogen-bond acceptors (Lipinski definition) is 2. The van der Waals surface area contributed by atoms with E-state index in [2.05, 4.69) is 29.5 Å². The molecule has 13 heavy (non-hydrogen) atoms. The van der Waals surface area contributed by atoms with E-state index in [4.69, 9.17) is 4.74 Å². The Morgan fingerprint density at radius 3 is 2.92 bits per heavy atom. The molecule has 3 unspecified atom stereocenters. The number of rotatable bonds is 0. The topological polar surface area (TPSA) is 26.3 Å². The zero-order valence-electron chi connectivity index (χ0n) is 7.88. The highest BCUT2D eigenvalue weighted by atomic mass is 127. The van der Waals surface area contributed by atoms with Crippen LogP contribution < -0.4 is 0 Å². The SMILES string of the molecule is CC12CCCC(I)C(CC1)OC2=O. The Labute approximate surface area is 92.5 Å². The lowest BCUT2D eigenvalue weighted by Gasteiger charge is -2.40. The third-order valence-corrected chi connectivity index (χ3v) is 4.77. The number of esters is 1. The van der Waals surface area contributed by atoms with E-state index < -0.39 is 0 Å². The third-order valence-electron chi connectivity index (χ3n) is 3.34. The number of halogens is 1. The van der Waals surface area contributed by atoms with Gasteiger partial charge in [0, 0.05) is 3.92 Å². The van der Waals surface area contributed by atoms with Crippen LogP contribution in [-0.2, 0) is 9.53 Å². The first-order valence-electron chi connectivity index (χ1n) is 4.97. The maximum atomic E-state index is 11.7. The summed E-state index contributed by atoms with van der Waals surface area (Å²) in [6, 6.07) is 0. The summed E-state index contributed by atoms with van der Waals surface area (Å²) in [7, 11) is 0. The predicted molar refractivity (Wildman–Crippen MR) is 58.9 cm³/mol. The van der Waals surface area contributed by atoms with Gasteiger partial charge < -0.3 is 4.74 Å². The van der Waals surface area contributed by atoms with E-state index in [0.29, 0.717) is 3.92 Å². The Morgan fingerprint density at radius 2 is 2.23 bits per heavy atom. The van der Waals surface area contributed by atoms with Gasteiger partial charge in [0.2, 0.25) is 0 Å². The van der Waals surface area contributed by atoms with Crippen molar-refractivity contribution in [2.24, 2.45) is 5.41 Å². The largest absolute Gasteiger partial charge is 0.461 e. The fourth-order valence-electron chi connectivity index (χ4n) is 2.26. The summed E-state index contributed by atoms with van der Waals surface area (Å²) in [6.07, 6.45) is 5.68. The third kappa shape index (κ3) is 1.72. The van der Waals surface area contributed by atoms with Crippen molar-refractivity contribution in [3.8, 4) is 0 Å². The molecule has 0 amide bonds. The van der Waals surface area contributed by atoms with Crippen molar-refractivity contribution in [1.29, 1.82) is 0 Å². The lowest BCUT2D eigenvalue weighted by atomic mass is 9.75. The van der Waals surface area contributed by atoms with Crippen LogP contribution in [0.4, 0.5) is 0 Å². The monoisotopic (exact) mass is 294 g/mol. The summed E-state index contributed by atoms with van der Waals surface area (Å²) in [5.74, 6) is 0.0464. The summed E-state index contributed by atoms with van der Waals surface area (Å²) in [5.41, 5.74) is -0.159. The van der Waals surface area contributed by atoms with Crippen LogP contribution in [0.15, 0.2) is 0 Å². The molecule has 3 rings (SSSR count). The molecule has 0 N–H and O–H groups in total. The van der Waals surface area contributed by atoms with Crippen molar-refractivity contribution >= 4 is 28.6 Å². The number of ether oxygens (including phenoxy) is 1. The fraction of sp³-hybridized carbons (Fsp3) is 0.900. The van der Waals surface area contributed by atoms with Crippen molar-refractivity contribution in [2.75, 3.05) is 0 Å². The lowest BCUT2D eigenvalue weighted by Crippen LogP contribution is -2.44. The highest BCUT2D eigenvalue weighted by Crippen LogP contribution is 2.42. The van der Waals surface area contributed by atoms with Crippen molar-refractivity contribution in [1.82, 2.24) is 0 Å². The van der Waals surface area contributed by atoms with Gasteiger partial charge in [0.05, 0.1) is 5.41 Å². The Bertz CT molecular complexity index is 225. The van der Waals surface area contributed by atoms with E-state index in [-0.39, 0.29) is 17.5 Å². The second kappa shape index (κ2) is 3.41. The zero-order valence-corrected chi connectivity index (χ0v) is 10.0. The molecule has 1 saturated carbocycles. The molecule has 0 spiro atoms. The van der Waals surface area contributed by atoms with Gasteiger partial charge in [-0.1, -0.05) is 29.0 Å². The summed E-state index contributed by atoms with van der Waals surface area (Å²) >= 11 is 2.42. The van der Waals surface area contributed by atoms with Gasteiger partial charge in [0.15, 0.2) is 0 Å².